The van der Waals surface area contributed by atoms with Crippen molar-refractivity contribution in [1.82, 2.24) is 0 Å². The number of hydrogen-bond acceptors (Lipinski definition) is 2. The molecule has 0 aliphatic heterocycles. The van der Waals surface area contributed by atoms with Crippen LogP contribution in [0.2, 0.25) is 5.02 Å². The van der Waals surface area contributed by atoms with Gasteiger partial charge in [0, 0.05) is 16.1 Å². The Morgan fingerprint density at radius 1 is 1.25 bits per heavy atom. The molecule has 0 heterocycles. The van der Waals surface area contributed by atoms with Gasteiger partial charge in [-0.1, -0.05) is 39.7 Å². The minimum Gasteiger partial charge on any atom is -0.483 e. The maximum Gasteiger partial charge on any atom is 0.202 e. The van der Waals surface area contributed by atoms with Crippen LogP contribution in [0.1, 0.15) is 17.3 Å². The first-order valence-corrected chi connectivity index (χ1v) is 7.06. The van der Waals surface area contributed by atoms with E-state index in [1.165, 1.54) is 18.2 Å². The van der Waals surface area contributed by atoms with Crippen LogP contribution in [0.15, 0.2) is 46.9 Å². The highest BCUT2D eigenvalue weighted by atomic mass is 79.9. The molecular formula is C15H11BrClFO2. The molecule has 0 saturated heterocycles. The van der Waals surface area contributed by atoms with E-state index in [4.69, 9.17) is 16.3 Å². The van der Waals surface area contributed by atoms with Gasteiger partial charge in [-0.05, 0) is 31.2 Å². The maximum atomic E-state index is 13.0. The molecule has 0 N–H and O–H groups in total. The Morgan fingerprint density at radius 3 is 2.50 bits per heavy atom. The molecule has 1 unspecified atom stereocenters. The van der Waals surface area contributed by atoms with E-state index in [1.807, 2.05) is 0 Å². The topological polar surface area (TPSA) is 26.3 Å². The molecule has 0 aliphatic rings. The van der Waals surface area contributed by atoms with Gasteiger partial charge in [0.2, 0.25) is 5.78 Å². The average molecular weight is 358 g/mol. The molecule has 0 saturated carbocycles. The maximum absolute atomic E-state index is 13.0. The molecule has 0 spiro atoms. The van der Waals surface area contributed by atoms with Crippen LogP contribution in [-0.4, -0.2) is 11.9 Å². The number of ether oxygens (including phenoxy) is 1. The van der Waals surface area contributed by atoms with Gasteiger partial charge in [0.05, 0.1) is 5.02 Å². The number of carbonyl (C=O) groups is 1. The fourth-order valence-corrected chi connectivity index (χ4v) is 2.09. The van der Waals surface area contributed by atoms with Crippen LogP contribution in [0.3, 0.4) is 0 Å². The summed E-state index contributed by atoms with van der Waals surface area (Å²) in [5, 5.41) is -0.0363. The van der Waals surface area contributed by atoms with Crippen LogP contribution in [0.4, 0.5) is 4.39 Å². The van der Waals surface area contributed by atoms with Crippen LogP contribution < -0.4 is 4.74 Å². The third-order valence-electron chi connectivity index (χ3n) is 2.70. The highest BCUT2D eigenvalue weighted by molar-refractivity contribution is 9.10. The number of ketones is 1. The van der Waals surface area contributed by atoms with Crippen LogP contribution >= 0.6 is 27.5 Å². The first-order chi connectivity index (χ1) is 9.47. The van der Waals surface area contributed by atoms with Gasteiger partial charge in [-0.15, -0.1) is 0 Å². The van der Waals surface area contributed by atoms with E-state index < -0.39 is 11.9 Å². The fraction of sp³-hybridized carbons (Fsp3) is 0.133. The lowest BCUT2D eigenvalue weighted by molar-refractivity contribution is 0.0818. The first-order valence-electron chi connectivity index (χ1n) is 5.89. The number of benzene rings is 2. The monoisotopic (exact) mass is 356 g/mol. The van der Waals surface area contributed by atoms with Crippen molar-refractivity contribution in [1.29, 1.82) is 0 Å². The van der Waals surface area contributed by atoms with Crippen molar-refractivity contribution in [2.75, 3.05) is 0 Å². The molecule has 104 valence electrons. The van der Waals surface area contributed by atoms with Crippen molar-refractivity contribution < 1.29 is 13.9 Å². The van der Waals surface area contributed by atoms with E-state index in [9.17, 15) is 9.18 Å². The zero-order valence-corrected chi connectivity index (χ0v) is 12.9. The lowest BCUT2D eigenvalue weighted by atomic mass is 10.1. The minimum atomic E-state index is -0.683. The molecule has 2 aromatic carbocycles. The summed E-state index contributed by atoms with van der Waals surface area (Å²) in [6, 6.07) is 11.0. The molecule has 0 fully saturated rings. The molecule has 0 aliphatic carbocycles. The van der Waals surface area contributed by atoms with Crippen molar-refractivity contribution in [2.24, 2.45) is 0 Å². The van der Waals surface area contributed by atoms with Crippen molar-refractivity contribution >= 4 is 33.3 Å². The Kier molecular flexibility index (Phi) is 4.78. The standard InChI is InChI=1S/C15H11BrClFO2/c1-9(15(19)10-2-4-11(16)5-3-10)20-12-6-7-14(18)13(17)8-12/h2-9H,1H3. The molecule has 5 heteroatoms. The normalized spacial score (nSPS) is 12.0. The van der Waals surface area contributed by atoms with Gasteiger partial charge in [-0.2, -0.15) is 0 Å². The summed E-state index contributed by atoms with van der Waals surface area (Å²) in [7, 11) is 0. The third kappa shape index (κ3) is 3.58. The number of carbonyl (C=O) groups excluding carboxylic acids is 1. The predicted molar refractivity (Wildman–Crippen MR) is 80.0 cm³/mol. The summed E-state index contributed by atoms with van der Waals surface area (Å²) in [6.07, 6.45) is -0.683. The molecule has 2 aromatic rings. The van der Waals surface area contributed by atoms with E-state index in [1.54, 1.807) is 31.2 Å². The molecule has 2 nitrogen and oxygen atoms in total. The number of hydrogen-bond donors (Lipinski definition) is 0. The highest BCUT2D eigenvalue weighted by Gasteiger charge is 2.17. The van der Waals surface area contributed by atoms with Crippen molar-refractivity contribution in [2.45, 2.75) is 13.0 Å². The van der Waals surface area contributed by atoms with E-state index in [2.05, 4.69) is 15.9 Å². The van der Waals surface area contributed by atoms with Crippen LogP contribution in [0.25, 0.3) is 0 Å². The van der Waals surface area contributed by atoms with Gasteiger partial charge in [0.15, 0.2) is 6.10 Å². The summed E-state index contributed by atoms with van der Waals surface area (Å²) in [4.78, 5) is 12.2. The molecule has 0 bridgehead atoms. The molecule has 20 heavy (non-hydrogen) atoms. The number of Topliss-reactive ketones (excluding diaryl/α,β-unsaturated/α-hetero) is 1. The van der Waals surface area contributed by atoms with Gasteiger partial charge < -0.3 is 4.74 Å². The van der Waals surface area contributed by atoms with E-state index in [0.29, 0.717) is 11.3 Å². The Hall–Kier alpha value is -1.39. The summed E-state index contributed by atoms with van der Waals surface area (Å²) >= 11 is 8.97. The molecular weight excluding hydrogens is 347 g/mol. The van der Waals surface area contributed by atoms with Crippen molar-refractivity contribution in [3.8, 4) is 5.75 Å². The second-order valence-corrected chi connectivity index (χ2v) is 5.53. The Bertz CT molecular complexity index is 628. The summed E-state index contributed by atoms with van der Waals surface area (Å²) in [5.74, 6) is -0.321. The van der Waals surface area contributed by atoms with Crippen LogP contribution in [0.5, 0.6) is 5.75 Å². The van der Waals surface area contributed by atoms with Crippen molar-refractivity contribution in [3.05, 3.63) is 63.3 Å². The summed E-state index contributed by atoms with van der Waals surface area (Å²) in [6.45, 7) is 1.64. The van der Waals surface area contributed by atoms with Gasteiger partial charge >= 0.3 is 0 Å². The quantitative estimate of drug-likeness (QED) is 0.728. The fourth-order valence-electron chi connectivity index (χ4n) is 1.66. The first kappa shape index (κ1) is 15.0. The second-order valence-electron chi connectivity index (χ2n) is 4.21. The SMILES string of the molecule is CC(Oc1ccc(F)c(Cl)c1)C(=O)c1ccc(Br)cc1. The Balaban J connectivity index is 2.11. The lowest BCUT2D eigenvalue weighted by Gasteiger charge is -2.14. The lowest BCUT2D eigenvalue weighted by Crippen LogP contribution is -2.23. The van der Waals surface area contributed by atoms with Crippen LogP contribution in [0, 0.1) is 5.82 Å². The van der Waals surface area contributed by atoms with Gasteiger partial charge in [0.1, 0.15) is 11.6 Å². The smallest absolute Gasteiger partial charge is 0.202 e. The van der Waals surface area contributed by atoms with Gasteiger partial charge in [-0.25, -0.2) is 4.39 Å². The molecule has 2 rings (SSSR count). The predicted octanol–water partition coefficient (Wildman–Crippen LogP) is 4.89. The number of halogens is 3. The van der Waals surface area contributed by atoms with Crippen molar-refractivity contribution in [3.63, 3.8) is 0 Å². The third-order valence-corrected chi connectivity index (χ3v) is 3.52. The average Bonchev–Trinajstić information content (AvgIpc) is 2.43. The minimum absolute atomic E-state index is 0.0363. The molecule has 0 radical (unpaired) electrons. The Morgan fingerprint density at radius 2 is 1.90 bits per heavy atom. The van der Waals surface area contributed by atoms with E-state index >= 15 is 0 Å². The Labute approximate surface area is 129 Å². The van der Waals surface area contributed by atoms with E-state index in [0.717, 1.165) is 4.47 Å². The van der Waals surface area contributed by atoms with E-state index in [-0.39, 0.29) is 10.8 Å². The van der Waals surface area contributed by atoms with Gasteiger partial charge in [0.25, 0.3) is 0 Å². The largest absolute Gasteiger partial charge is 0.483 e. The zero-order valence-electron chi connectivity index (χ0n) is 10.6. The van der Waals surface area contributed by atoms with Gasteiger partial charge in [-0.3, -0.25) is 4.79 Å². The van der Waals surface area contributed by atoms with Crippen LogP contribution in [-0.2, 0) is 0 Å². The summed E-state index contributed by atoms with van der Waals surface area (Å²) in [5.41, 5.74) is 0.550. The molecule has 1 atom stereocenters. The molecule has 0 amide bonds. The zero-order chi connectivity index (χ0) is 14.7. The number of rotatable bonds is 4. The second kappa shape index (κ2) is 6.37. The highest BCUT2D eigenvalue weighted by Crippen LogP contribution is 2.22. The summed E-state index contributed by atoms with van der Waals surface area (Å²) < 4.78 is 19.4. The molecule has 0 aromatic heterocycles.